The summed E-state index contributed by atoms with van der Waals surface area (Å²) in [6.07, 6.45) is 0.141. The van der Waals surface area contributed by atoms with Gasteiger partial charge in [0, 0.05) is 25.2 Å². The first-order chi connectivity index (χ1) is 15.5. The summed E-state index contributed by atoms with van der Waals surface area (Å²) in [6, 6.07) is 24.2. The van der Waals surface area contributed by atoms with Gasteiger partial charge in [0.05, 0.1) is 17.2 Å². The summed E-state index contributed by atoms with van der Waals surface area (Å²) in [4.78, 5) is 39.9. The molecule has 3 amide bonds. The third-order valence-electron chi connectivity index (χ3n) is 5.53. The zero-order valence-electron chi connectivity index (χ0n) is 17.9. The summed E-state index contributed by atoms with van der Waals surface area (Å²) in [7, 11) is 0. The van der Waals surface area contributed by atoms with E-state index >= 15 is 0 Å². The van der Waals surface area contributed by atoms with Gasteiger partial charge in [-0.2, -0.15) is 0 Å². The number of carbonyl (C=O) groups is 3. The second kappa shape index (κ2) is 9.47. The van der Waals surface area contributed by atoms with E-state index in [2.05, 4.69) is 10.6 Å². The molecule has 0 bridgehead atoms. The topological polar surface area (TPSA) is 78.5 Å². The molecule has 0 spiro atoms. The van der Waals surface area contributed by atoms with E-state index in [1.54, 1.807) is 29.2 Å². The van der Waals surface area contributed by atoms with Crippen LogP contribution in [0.5, 0.6) is 0 Å². The lowest BCUT2D eigenvalue weighted by Crippen LogP contribution is -2.29. The van der Waals surface area contributed by atoms with Crippen LogP contribution in [0.1, 0.15) is 27.9 Å². The molecule has 1 aliphatic heterocycles. The lowest BCUT2D eigenvalue weighted by molar-refractivity contribution is -0.122. The Labute approximate surface area is 187 Å². The van der Waals surface area contributed by atoms with Crippen molar-refractivity contribution in [3.63, 3.8) is 0 Å². The van der Waals surface area contributed by atoms with E-state index in [0.717, 1.165) is 16.8 Å². The Morgan fingerprint density at radius 3 is 2.50 bits per heavy atom. The van der Waals surface area contributed by atoms with E-state index in [-0.39, 0.29) is 24.1 Å². The fraction of sp³-hybridized carbons (Fsp3) is 0.192. The first-order valence-corrected chi connectivity index (χ1v) is 10.6. The fourth-order valence-corrected chi connectivity index (χ4v) is 3.83. The zero-order chi connectivity index (χ0) is 22.5. The van der Waals surface area contributed by atoms with Crippen LogP contribution in [0.2, 0.25) is 0 Å². The van der Waals surface area contributed by atoms with Gasteiger partial charge in [0.2, 0.25) is 11.8 Å². The Hall–Kier alpha value is -3.93. The van der Waals surface area contributed by atoms with Crippen LogP contribution in [0, 0.1) is 12.8 Å². The van der Waals surface area contributed by atoms with Gasteiger partial charge in [-0.1, -0.05) is 54.6 Å². The summed E-state index contributed by atoms with van der Waals surface area (Å²) in [5.41, 5.74) is 3.66. The molecular formula is C26H25N3O3. The molecule has 3 aromatic carbocycles. The van der Waals surface area contributed by atoms with Gasteiger partial charge in [-0.3, -0.25) is 14.4 Å². The number of carbonyl (C=O) groups excluding carboxylic acids is 3. The van der Waals surface area contributed by atoms with Crippen LogP contribution in [0.25, 0.3) is 0 Å². The molecule has 0 aliphatic carbocycles. The third-order valence-corrected chi connectivity index (χ3v) is 5.53. The SMILES string of the molecule is Cc1cccc(N2C[C@@H](C(=O)Nc3ccccc3C(=O)NCc3ccccc3)CC2=O)c1. The number of rotatable bonds is 6. The van der Waals surface area contributed by atoms with E-state index in [1.165, 1.54) is 0 Å². The molecule has 162 valence electrons. The highest BCUT2D eigenvalue weighted by Crippen LogP contribution is 2.27. The van der Waals surface area contributed by atoms with Crippen molar-refractivity contribution in [3.05, 3.63) is 95.6 Å². The standard InChI is InChI=1S/C26H25N3O3/c1-18-8-7-11-21(14-18)29-17-20(15-24(29)30)25(31)28-23-13-6-5-12-22(23)26(32)27-16-19-9-3-2-4-10-19/h2-14,20H,15-17H2,1H3,(H,27,32)(H,28,31)/t20-/m0/s1. The monoisotopic (exact) mass is 427 g/mol. The van der Waals surface area contributed by atoms with Gasteiger partial charge in [-0.15, -0.1) is 0 Å². The molecule has 1 atom stereocenters. The third kappa shape index (κ3) is 4.86. The van der Waals surface area contributed by atoms with Crippen LogP contribution in [0.15, 0.2) is 78.9 Å². The summed E-state index contributed by atoms with van der Waals surface area (Å²) in [5, 5.41) is 5.74. The quantitative estimate of drug-likeness (QED) is 0.626. The molecule has 6 nitrogen and oxygen atoms in total. The van der Waals surface area contributed by atoms with E-state index in [4.69, 9.17) is 0 Å². The maximum atomic E-state index is 12.9. The molecule has 0 aromatic heterocycles. The normalized spacial score (nSPS) is 15.5. The minimum absolute atomic E-state index is 0.0790. The second-order valence-electron chi connectivity index (χ2n) is 7.95. The van der Waals surface area contributed by atoms with Gasteiger partial charge in [-0.05, 0) is 42.3 Å². The molecule has 0 unspecified atom stereocenters. The molecular weight excluding hydrogens is 402 g/mol. The van der Waals surface area contributed by atoms with Gasteiger partial charge in [0.15, 0.2) is 0 Å². The zero-order valence-corrected chi connectivity index (χ0v) is 17.9. The highest BCUT2D eigenvalue weighted by molar-refractivity contribution is 6.07. The number of hydrogen-bond acceptors (Lipinski definition) is 3. The Balaban J connectivity index is 1.42. The van der Waals surface area contributed by atoms with E-state index in [1.807, 2.05) is 61.5 Å². The van der Waals surface area contributed by atoms with Crippen molar-refractivity contribution in [2.75, 3.05) is 16.8 Å². The van der Waals surface area contributed by atoms with Crippen LogP contribution in [0.3, 0.4) is 0 Å². The number of hydrogen-bond donors (Lipinski definition) is 2. The smallest absolute Gasteiger partial charge is 0.253 e. The summed E-state index contributed by atoms with van der Waals surface area (Å²) >= 11 is 0. The van der Waals surface area contributed by atoms with Gasteiger partial charge >= 0.3 is 0 Å². The Morgan fingerprint density at radius 1 is 0.969 bits per heavy atom. The summed E-state index contributed by atoms with van der Waals surface area (Å²) in [5.74, 6) is -1.10. The van der Waals surface area contributed by atoms with Crippen LogP contribution in [-0.2, 0) is 16.1 Å². The summed E-state index contributed by atoms with van der Waals surface area (Å²) in [6.45, 7) is 2.68. The predicted octanol–water partition coefficient (Wildman–Crippen LogP) is 3.92. The number of nitrogens with one attached hydrogen (secondary N) is 2. The van der Waals surface area contributed by atoms with Crippen molar-refractivity contribution in [2.45, 2.75) is 19.9 Å². The predicted molar refractivity (Wildman–Crippen MR) is 124 cm³/mol. The van der Waals surface area contributed by atoms with Gasteiger partial charge < -0.3 is 15.5 Å². The van der Waals surface area contributed by atoms with E-state index < -0.39 is 5.92 Å². The van der Waals surface area contributed by atoms with E-state index in [9.17, 15) is 14.4 Å². The maximum Gasteiger partial charge on any atom is 0.253 e. The van der Waals surface area contributed by atoms with Crippen molar-refractivity contribution in [2.24, 2.45) is 5.92 Å². The van der Waals surface area contributed by atoms with Crippen LogP contribution >= 0.6 is 0 Å². The average molecular weight is 428 g/mol. The van der Waals surface area contributed by atoms with Crippen LogP contribution in [0.4, 0.5) is 11.4 Å². The molecule has 1 saturated heterocycles. The maximum absolute atomic E-state index is 12.9. The minimum Gasteiger partial charge on any atom is -0.348 e. The Kier molecular flexibility index (Phi) is 6.31. The van der Waals surface area contributed by atoms with Crippen molar-refractivity contribution in [3.8, 4) is 0 Å². The number of nitrogens with zero attached hydrogens (tertiary/aromatic N) is 1. The molecule has 0 radical (unpaired) electrons. The average Bonchev–Trinajstić information content (AvgIpc) is 3.20. The Morgan fingerprint density at radius 2 is 1.72 bits per heavy atom. The Bertz CT molecular complexity index is 1140. The largest absolute Gasteiger partial charge is 0.348 e. The first-order valence-electron chi connectivity index (χ1n) is 10.6. The molecule has 4 rings (SSSR count). The molecule has 1 fully saturated rings. The van der Waals surface area contributed by atoms with Crippen LogP contribution < -0.4 is 15.5 Å². The van der Waals surface area contributed by atoms with Crippen LogP contribution in [-0.4, -0.2) is 24.3 Å². The van der Waals surface area contributed by atoms with E-state index in [0.29, 0.717) is 24.3 Å². The minimum atomic E-state index is -0.483. The number of benzene rings is 3. The molecule has 1 heterocycles. The van der Waals surface area contributed by atoms with Crippen molar-refractivity contribution in [1.29, 1.82) is 0 Å². The first kappa shape index (κ1) is 21.3. The number of para-hydroxylation sites is 1. The molecule has 6 heteroatoms. The van der Waals surface area contributed by atoms with Crippen molar-refractivity contribution >= 4 is 29.1 Å². The highest BCUT2D eigenvalue weighted by atomic mass is 16.2. The molecule has 1 aliphatic rings. The summed E-state index contributed by atoms with van der Waals surface area (Å²) < 4.78 is 0. The van der Waals surface area contributed by atoms with Gasteiger partial charge in [0.25, 0.3) is 5.91 Å². The number of amides is 3. The highest BCUT2D eigenvalue weighted by Gasteiger charge is 2.35. The second-order valence-corrected chi connectivity index (χ2v) is 7.95. The van der Waals surface area contributed by atoms with Gasteiger partial charge in [0.1, 0.15) is 0 Å². The van der Waals surface area contributed by atoms with Gasteiger partial charge in [-0.25, -0.2) is 0 Å². The molecule has 0 saturated carbocycles. The number of anilines is 2. The number of aryl methyl sites for hydroxylation is 1. The molecule has 3 aromatic rings. The van der Waals surface area contributed by atoms with Crippen molar-refractivity contribution < 1.29 is 14.4 Å². The molecule has 32 heavy (non-hydrogen) atoms. The fourth-order valence-electron chi connectivity index (χ4n) is 3.83. The molecule has 2 N–H and O–H groups in total. The van der Waals surface area contributed by atoms with Crippen molar-refractivity contribution in [1.82, 2.24) is 5.32 Å². The lowest BCUT2D eigenvalue weighted by atomic mass is 10.1. The lowest BCUT2D eigenvalue weighted by Gasteiger charge is -2.17.